The van der Waals surface area contributed by atoms with E-state index in [1.165, 1.54) is 12.4 Å². The molecule has 0 saturated heterocycles. The molecule has 0 rings (SSSR count). The summed E-state index contributed by atoms with van der Waals surface area (Å²) in [6.45, 7) is 5.04. The van der Waals surface area contributed by atoms with Crippen molar-refractivity contribution in [2.75, 3.05) is 0 Å². The molecule has 0 aromatic heterocycles. The second-order valence-corrected chi connectivity index (χ2v) is 1.25. The average molecular weight is 108 g/mol. The van der Waals surface area contributed by atoms with Crippen LogP contribution in [0.3, 0.4) is 0 Å². The van der Waals surface area contributed by atoms with E-state index in [9.17, 15) is 0 Å². The molecule has 0 unspecified atom stereocenters. The lowest BCUT2D eigenvalue weighted by Gasteiger charge is -1.78. The smallest absolute Gasteiger partial charge is 0.0684 e. The third-order valence-electron chi connectivity index (χ3n) is 0.568. The van der Waals surface area contributed by atoms with Gasteiger partial charge in [0.25, 0.3) is 0 Å². The Morgan fingerprint density at radius 1 is 1.88 bits per heavy atom. The van der Waals surface area contributed by atoms with Crippen LogP contribution in [0.5, 0.6) is 0 Å². The summed E-state index contributed by atoms with van der Waals surface area (Å²) in [6.07, 6.45) is 2.61. The molecule has 42 valence electrons. The van der Waals surface area contributed by atoms with Crippen molar-refractivity contribution in [2.45, 2.75) is 6.92 Å². The van der Waals surface area contributed by atoms with Crippen LogP contribution in [0, 0.1) is 5.41 Å². The third kappa shape index (κ3) is 3.07. The molecule has 0 aromatic rings. The predicted octanol–water partition coefficient (Wildman–Crippen LogP) is 1.40. The Labute approximate surface area is 48.8 Å². The summed E-state index contributed by atoms with van der Waals surface area (Å²) in [5, 5.41) is 6.66. The van der Waals surface area contributed by atoms with Gasteiger partial charge in [-0.1, -0.05) is 6.58 Å². The molecule has 0 amide bonds. The van der Waals surface area contributed by atoms with Gasteiger partial charge in [0.1, 0.15) is 0 Å². The van der Waals surface area contributed by atoms with Crippen molar-refractivity contribution in [2.24, 2.45) is 4.99 Å². The van der Waals surface area contributed by atoms with Crippen LogP contribution in [0.4, 0.5) is 0 Å². The first-order valence-electron chi connectivity index (χ1n) is 2.20. The highest BCUT2D eigenvalue weighted by atomic mass is 14.7. The van der Waals surface area contributed by atoms with E-state index in [2.05, 4.69) is 17.3 Å². The van der Waals surface area contributed by atoms with Gasteiger partial charge in [-0.25, -0.2) is 0 Å². The lowest BCUT2D eigenvalue weighted by atomic mass is 10.5. The molecule has 0 aliphatic heterocycles. The van der Waals surface area contributed by atoms with Gasteiger partial charge in [-0.3, -0.25) is 4.99 Å². The summed E-state index contributed by atoms with van der Waals surface area (Å²) >= 11 is 0. The van der Waals surface area contributed by atoms with Crippen molar-refractivity contribution < 1.29 is 0 Å². The van der Waals surface area contributed by atoms with Crippen LogP contribution in [0.1, 0.15) is 6.92 Å². The van der Waals surface area contributed by atoms with Crippen molar-refractivity contribution >= 4 is 11.9 Å². The standard InChI is InChI=1S/C6H8N2/c1-3-4-8-6(2)5-7/h4-5,7H,1H2,2H3/b7-5?,8-6-. The van der Waals surface area contributed by atoms with E-state index >= 15 is 0 Å². The van der Waals surface area contributed by atoms with Crippen molar-refractivity contribution in [3.63, 3.8) is 0 Å². The molecule has 0 aliphatic rings. The molecule has 0 aliphatic carbocycles. The highest BCUT2D eigenvalue weighted by Gasteiger charge is 1.73. The summed E-state index contributed by atoms with van der Waals surface area (Å²) in [4.78, 5) is 3.74. The summed E-state index contributed by atoms with van der Waals surface area (Å²) in [7, 11) is 0. The summed E-state index contributed by atoms with van der Waals surface area (Å²) in [5.74, 6) is 0. The molecule has 0 saturated carbocycles. The Morgan fingerprint density at radius 3 is 2.88 bits per heavy atom. The Balaban J connectivity index is 3.93. The minimum absolute atomic E-state index is 0.654. The monoisotopic (exact) mass is 108 g/mol. The molecule has 0 fully saturated rings. The first kappa shape index (κ1) is 6.86. The van der Waals surface area contributed by atoms with Gasteiger partial charge in [0.2, 0.25) is 0 Å². The highest BCUT2D eigenvalue weighted by Crippen LogP contribution is 1.72. The molecular weight excluding hydrogens is 100 g/mol. The van der Waals surface area contributed by atoms with Gasteiger partial charge in [-0.2, -0.15) is 0 Å². The van der Waals surface area contributed by atoms with Gasteiger partial charge >= 0.3 is 0 Å². The van der Waals surface area contributed by atoms with Crippen molar-refractivity contribution in [3.05, 3.63) is 18.5 Å². The van der Waals surface area contributed by atoms with Crippen LogP contribution in [-0.4, -0.2) is 11.9 Å². The zero-order valence-electron chi connectivity index (χ0n) is 4.81. The molecule has 2 nitrogen and oxygen atoms in total. The van der Waals surface area contributed by atoms with Crippen molar-refractivity contribution in [3.8, 4) is 0 Å². The Hall–Kier alpha value is -1.14. The number of aliphatic imine (C=N–C) groups is 1. The zero-order chi connectivity index (χ0) is 6.41. The quantitative estimate of drug-likeness (QED) is 0.410. The molecule has 0 aromatic carbocycles. The molecule has 2 heteroatoms. The molecule has 0 heterocycles. The molecule has 8 heavy (non-hydrogen) atoms. The van der Waals surface area contributed by atoms with Gasteiger partial charge in [0.05, 0.1) is 11.9 Å². The van der Waals surface area contributed by atoms with E-state index in [1.807, 2.05) is 0 Å². The maximum Gasteiger partial charge on any atom is 0.0684 e. The maximum absolute atomic E-state index is 6.66. The maximum atomic E-state index is 6.66. The lowest BCUT2D eigenvalue weighted by molar-refractivity contribution is 1.53. The van der Waals surface area contributed by atoms with E-state index in [1.54, 1.807) is 6.92 Å². The van der Waals surface area contributed by atoms with E-state index in [-0.39, 0.29) is 0 Å². The number of rotatable bonds is 2. The number of nitrogens with one attached hydrogen (secondary N) is 1. The van der Waals surface area contributed by atoms with Gasteiger partial charge in [-0.05, 0) is 6.92 Å². The van der Waals surface area contributed by atoms with Crippen LogP contribution in [0.2, 0.25) is 0 Å². The largest absolute Gasteiger partial charge is 0.307 e. The van der Waals surface area contributed by atoms with Crippen LogP contribution in [0.25, 0.3) is 0 Å². The average Bonchev–Trinajstić information content (AvgIpc) is 1.83. The third-order valence-corrected chi connectivity index (χ3v) is 0.568. The van der Waals surface area contributed by atoms with E-state index < -0.39 is 0 Å². The SMILES string of the molecule is C=C=C/N=C(/C)C=N. The molecule has 0 radical (unpaired) electrons. The molecule has 1 N–H and O–H groups in total. The van der Waals surface area contributed by atoms with Crippen LogP contribution in [-0.2, 0) is 0 Å². The predicted molar refractivity (Wildman–Crippen MR) is 35.6 cm³/mol. The molecule has 0 spiro atoms. The number of hydrogen-bond acceptors (Lipinski definition) is 2. The van der Waals surface area contributed by atoms with Gasteiger partial charge in [0.15, 0.2) is 0 Å². The Morgan fingerprint density at radius 2 is 2.50 bits per heavy atom. The van der Waals surface area contributed by atoms with E-state index in [4.69, 9.17) is 5.41 Å². The minimum atomic E-state index is 0.654. The van der Waals surface area contributed by atoms with Crippen LogP contribution in [0.15, 0.2) is 23.5 Å². The fourth-order valence-corrected chi connectivity index (χ4v) is 0.185. The van der Waals surface area contributed by atoms with Gasteiger partial charge in [0, 0.05) is 6.21 Å². The van der Waals surface area contributed by atoms with Crippen molar-refractivity contribution in [1.82, 2.24) is 0 Å². The second kappa shape index (κ2) is 4.03. The van der Waals surface area contributed by atoms with E-state index in [0.717, 1.165) is 0 Å². The van der Waals surface area contributed by atoms with Crippen molar-refractivity contribution in [1.29, 1.82) is 5.41 Å². The minimum Gasteiger partial charge on any atom is -0.307 e. The fourth-order valence-electron chi connectivity index (χ4n) is 0.185. The molecule has 0 atom stereocenters. The molecule has 0 bridgehead atoms. The van der Waals surface area contributed by atoms with Gasteiger partial charge < -0.3 is 5.41 Å². The first-order valence-corrected chi connectivity index (χ1v) is 2.20. The summed E-state index contributed by atoms with van der Waals surface area (Å²) in [6, 6.07) is 0. The second-order valence-electron chi connectivity index (χ2n) is 1.25. The van der Waals surface area contributed by atoms with Gasteiger partial charge in [-0.15, -0.1) is 5.73 Å². The zero-order valence-corrected chi connectivity index (χ0v) is 4.81. The lowest BCUT2D eigenvalue weighted by Crippen LogP contribution is -1.87. The highest BCUT2D eigenvalue weighted by molar-refractivity contribution is 6.28. The number of hydrogen-bond donors (Lipinski definition) is 1. The topological polar surface area (TPSA) is 36.2 Å². The number of nitrogens with zero attached hydrogens (tertiary/aromatic N) is 1. The summed E-state index contributed by atoms with van der Waals surface area (Å²) in [5.41, 5.74) is 3.12. The normalized spacial score (nSPS) is 9.88. The first-order chi connectivity index (χ1) is 3.81. The van der Waals surface area contributed by atoms with Crippen LogP contribution >= 0.6 is 0 Å². The van der Waals surface area contributed by atoms with Crippen LogP contribution < -0.4 is 0 Å². The molecular formula is C6H8N2. The van der Waals surface area contributed by atoms with E-state index in [0.29, 0.717) is 5.71 Å². The Kier molecular flexibility index (Phi) is 3.46. The summed E-state index contributed by atoms with van der Waals surface area (Å²) < 4.78 is 0. The Bertz CT molecular complexity index is 150. The fraction of sp³-hybridized carbons (Fsp3) is 0.167.